The zero-order valence-electron chi connectivity index (χ0n) is 11.7. The number of aromatic nitrogens is 2. The number of hydrogen-bond acceptors (Lipinski definition) is 5. The highest BCUT2D eigenvalue weighted by Gasteiger charge is 2.14. The van der Waals surface area contributed by atoms with Gasteiger partial charge in [-0.25, -0.2) is 9.37 Å². The first kappa shape index (κ1) is 13.8. The summed E-state index contributed by atoms with van der Waals surface area (Å²) < 4.78 is 13.9. The van der Waals surface area contributed by atoms with Crippen LogP contribution in [0.15, 0.2) is 35.7 Å². The maximum Gasteiger partial charge on any atom is 0.225 e. The lowest BCUT2D eigenvalue weighted by Gasteiger charge is -2.16. The number of thiophene rings is 1. The van der Waals surface area contributed by atoms with Crippen LogP contribution in [0, 0.1) is 5.82 Å². The number of fused-ring (bicyclic) bond motifs is 1. The highest BCUT2D eigenvalue weighted by molar-refractivity contribution is 7.16. The van der Waals surface area contributed by atoms with Gasteiger partial charge in [0, 0.05) is 12.6 Å². The molecule has 0 saturated heterocycles. The van der Waals surface area contributed by atoms with Gasteiger partial charge in [-0.3, -0.25) is 0 Å². The first-order valence-corrected chi connectivity index (χ1v) is 7.51. The van der Waals surface area contributed by atoms with Gasteiger partial charge in [0.2, 0.25) is 5.95 Å². The van der Waals surface area contributed by atoms with Crippen LogP contribution in [-0.4, -0.2) is 17.0 Å². The average Bonchev–Trinajstić information content (AvgIpc) is 2.96. The Morgan fingerprint density at radius 1 is 1.19 bits per heavy atom. The first-order chi connectivity index (χ1) is 10.2. The van der Waals surface area contributed by atoms with Crippen molar-refractivity contribution in [1.29, 1.82) is 0 Å². The molecular formula is C15H15FN4S. The highest BCUT2D eigenvalue weighted by atomic mass is 32.1. The lowest BCUT2D eigenvalue weighted by atomic mass is 10.1. The number of hydrogen-bond donors (Lipinski definition) is 2. The topological polar surface area (TPSA) is 49.8 Å². The van der Waals surface area contributed by atoms with E-state index in [1.165, 1.54) is 6.07 Å². The molecule has 2 heterocycles. The van der Waals surface area contributed by atoms with Gasteiger partial charge in [0.15, 0.2) is 0 Å². The number of halogens is 1. The average molecular weight is 302 g/mol. The molecule has 0 aliphatic heterocycles. The van der Waals surface area contributed by atoms with Crippen molar-refractivity contribution >= 4 is 33.3 Å². The van der Waals surface area contributed by atoms with E-state index in [0.717, 1.165) is 10.2 Å². The molecule has 0 saturated carbocycles. The van der Waals surface area contributed by atoms with E-state index < -0.39 is 0 Å². The van der Waals surface area contributed by atoms with Crippen LogP contribution in [-0.2, 0) is 0 Å². The van der Waals surface area contributed by atoms with Crippen molar-refractivity contribution in [3.05, 3.63) is 47.1 Å². The highest BCUT2D eigenvalue weighted by Crippen LogP contribution is 2.29. The normalized spacial score (nSPS) is 12.3. The van der Waals surface area contributed by atoms with E-state index >= 15 is 0 Å². The Balaban J connectivity index is 1.97. The third-order valence-electron chi connectivity index (χ3n) is 3.27. The minimum atomic E-state index is -0.220. The summed E-state index contributed by atoms with van der Waals surface area (Å²) in [5.74, 6) is 1.04. The van der Waals surface area contributed by atoms with Crippen molar-refractivity contribution in [3.8, 4) is 0 Å². The molecule has 0 radical (unpaired) electrons. The van der Waals surface area contributed by atoms with Crippen LogP contribution in [0.4, 0.5) is 16.2 Å². The van der Waals surface area contributed by atoms with Gasteiger partial charge in [-0.15, -0.1) is 11.3 Å². The predicted molar refractivity (Wildman–Crippen MR) is 85.4 cm³/mol. The first-order valence-electron chi connectivity index (χ1n) is 6.63. The van der Waals surface area contributed by atoms with Crippen molar-refractivity contribution in [2.75, 3.05) is 17.7 Å². The maximum absolute atomic E-state index is 13.9. The Morgan fingerprint density at radius 2 is 2.00 bits per heavy atom. The third kappa shape index (κ3) is 2.67. The molecule has 0 amide bonds. The standard InChI is InChI=1S/C15H15FN4S/c1-9(10-5-3-4-6-12(10)16)18-13-11-7-8-21-14(11)20-15(17-2)19-13/h3-9H,1-2H3,(H2,17,18,19,20). The Labute approximate surface area is 126 Å². The van der Waals surface area contributed by atoms with Crippen molar-refractivity contribution in [2.24, 2.45) is 0 Å². The molecule has 21 heavy (non-hydrogen) atoms. The molecule has 0 spiro atoms. The van der Waals surface area contributed by atoms with Gasteiger partial charge in [0.1, 0.15) is 16.5 Å². The van der Waals surface area contributed by atoms with E-state index in [1.54, 1.807) is 30.5 Å². The van der Waals surface area contributed by atoms with E-state index in [-0.39, 0.29) is 11.9 Å². The van der Waals surface area contributed by atoms with Crippen molar-refractivity contribution in [2.45, 2.75) is 13.0 Å². The second-order valence-electron chi connectivity index (χ2n) is 4.67. The van der Waals surface area contributed by atoms with Gasteiger partial charge in [0.05, 0.1) is 11.4 Å². The zero-order chi connectivity index (χ0) is 14.8. The van der Waals surface area contributed by atoms with Crippen LogP contribution < -0.4 is 10.6 Å². The molecule has 1 aromatic carbocycles. The van der Waals surface area contributed by atoms with Gasteiger partial charge in [-0.05, 0) is 24.4 Å². The molecule has 0 aliphatic rings. The number of benzene rings is 1. The molecule has 0 bridgehead atoms. The van der Waals surface area contributed by atoms with Crippen LogP contribution in [0.1, 0.15) is 18.5 Å². The van der Waals surface area contributed by atoms with E-state index in [0.29, 0.717) is 17.3 Å². The summed E-state index contributed by atoms with van der Waals surface area (Å²) in [7, 11) is 1.78. The van der Waals surface area contributed by atoms with E-state index in [4.69, 9.17) is 0 Å². The predicted octanol–water partition coefficient (Wildman–Crippen LogP) is 4.05. The summed E-state index contributed by atoms with van der Waals surface area (Å²) in [5, 5.41) is 9.14. The molecule has 2 N–H and O–H groups in total. The number of nitrogens with one attached hydrogen (secondary N) is 2. The second kappa shape index (κ2) is 5.65. The van der Waals surface area contributed by atoms with Crippen LogP contribution in [0.2, 0.25) is 0 Å². The SMILES string of the molecule is CNc1nc(NC(C)c2ccccc2F)c2ccsc2n1. The number of anilines is 2. The molecule has 0 fully saturated rings. The molecule has 108 valence electrons. The summed E-state index contributed by atoms with van der Waals surface area (Å²) in [6, 6.07) is 8.54. The Bertz CT molecular complexity index is 771. The fraction of sp³-hybridized carbons (Fsp3) is 0.200. The summed E-state index contributed by atoms with van der Waals surface area (Å²) in [5.41, 5.74) is 0.616. The maximum atomic E-state index is 13.9. The van der Waals surface area contributed by atoms with Crippen molar-refractivity contribution in [1.82, 2.24) is 9.97 Å². The summed E-state index contributed by atoms with van der Waals surface area (Å²) in [4.78, 5) is 9.73. The molecule has 4 nitrogen and oxygen atoms in total. The quantitative estimate of drug-likeness (QED) is 0.763. The van der Waals surface area contributed by atoms with E-state index in [1.807, 2.05) is 24.4 Å². The fourth-order valence-corrected chi connectivity index (χ4v) is 2.95. The van der Waals surface area contributed by atoms with Gasteiger partial charge in [-0.2, -0.15) is 4.98 Å². The molecule has 6 heteroatoms. The lowest BCUT2D eigenvalue weighted by Crippen LogP contribution is -2.11. The number of nitrogens with zero attached hydrogens (tertiary/aromatic N) is 2. The Kier molecular flexibility index (Phi) is 3.70. The summed E-state index contributed by atoms with van der Waals surface area (Å²) in [6.07, 6.45) is 0. The fourth-order valence-electron chi connectivity index (χ4n) is 2.19. The van der Waals surface area contributed by atoms with Crippen LogP contribution in [0.25, 0.3) is 10.2 Å². The Hall–Kier alpha value is -2.21. The minimum Gasteiger partial charge on any atom is -0.363 e. The molecule has 2 aromatic heterocycles. The molecular weight excluding hydrogens is 287 g/mol. The van der Waals surface area contributed by atoms with E-state index in [9.17, 15) is 4.39 Å². The monoisotopic (exact) mass is 302 g/mol. The summed E-state index contributed by atoms with van der Waals surface area (Å²) >= 11 is 1.55. The minimum absolute atomic E-state index is 0.186. The van der Waals surface area contributed by atoms with Crippen LogP contribution >= 0.6 is 11.3 Å². The number of rotatable bonds is 4. The van der Waals surface area contributed by atoms with Gasteiger partial charge in [-0.1, -0.05) is 18.2 Å². The van der Waals surface area contributed by atoms with Crippen molar-refractivity contribution in [3.63, 3.8) is 0 Å². The van der Waals surface area contributed by atoms with Gasteiger partial charge in [0.25, 0.3) is 0 Å². The second-order valence-corrected chi connectivity index (χ2v) is 5.57. The molecule has 3 rings (SSSR count). The molecule has 0 aliphatic carbocycles. The Morgan fingerprint density at radius 3 is 2.76 bits per heavy atom. The smallest absolute Gasteiger partial charge is 0.225 e. The molecule has 1 unspecified atom stereocenters. The van der Waals surface area contributed by atoms with Gasteiger partial charge < -0.3 is 10.6 Å². The largest absolute Gasteiger partial charge is 0.363 e. The van der Waals surface area contributed by atoms with E-state index in [2.05, 4.69) is 20.6 Å². The zero-order valence-corrected chi connectivity index (χ0v) is 12.5. The van der Waals surface area contributed by atoms with Crippen LogP contribution in [0.3, 0.4) is 0 Å². The van der Waals surface area contributed by atoms with Crippen LogP contribution in [0.5, 0.6) is 0 Å². The van der Waals surface area contributed by atoms with Crippen molar-refractivity contribution < 1.29 is 4.39 Å². The molecule has 1 atom stereocenters. The van der Waals surface area contributed by atoms with Gasteiger partial charge >= 0.3 is 0 Å². The summed E-state index contributed by atoms with van der Waals surface area (Å²) in [6.45, 7) is 1.91. The molecule has 3 aromatic rings. The third-order valence-corrected chi connectivity index (χ3v) is 4.08. The lowest BCUT2D eigenvalue weighted by molar-refractivity contribution is 0.600.